The summed E-state index contributed by atoms with van der Waals surface area (Å²) in [6.45, 7) is 0.413. The van der Waals surface area contributed by atoms with E-state index in [1.807, 2.05) is 37.3 Å². The molecule has 0 spiro atoms. The number of benzene rings is 3. The fourth-order valence-electron chi connectivity index (χ4n) is 4.08. The van der Waals surface area contributed by atoms with E-state index in [0.29, 0.717) is 22.3 Å². The van der Waals surface area contributed by atoms with E-state index in [-0.39, 0.29) is 15.8 Å². The van der Waals surface area contributed by atoms with Crippen LogP contribution in [-0.2, 0) is 15.7 Å². The summed E-state index contributed by atoms with van der Waals surface area (Å²) in [4.78, 5) is 5.55. The molecule has 0 fully saturated rings. The fraction of sp³-hybridized carbons (Fsp3) is 0.345. The van der Waals surface area contributed by atoms with Crippen LogP contribution in [0, 0.1) is 0 Å². The van der Waals surface area contributed by atoms with Crippen LogP contribution in [0.15, 0.2) is 59.5 Å². The van der Waals surface area contributed by atoms with Crippen LogP contribution in [0.1, 0.15) is 52.4 Å². The zero-order valence-electron chi connectivity index (χ0n) is 22.3. The maximum Gasteiger partial charge on any atom is 0.492 e. The zero-order valence-corrected chi connectivity index (χ0v) is 27.1. The van der Waals surface area contributed by atoms with Crippen LogP contribution in [0.5, 0.6) is 11.5 Å². The Bertz CT molecular complexity index is 1500. The Morgan fingerprint density at radius 3 is 2.38 bits per heavy atom. The van der Waals surface area contributed by atoms with Crippen LogP contribution in [0.4, 0.5) is 0 Å². The number of hydrogen-bond donors (Lipinski definition) is 0. The second kappa shape index (κ2) is 14.7. The molecule has 4 aromatic rings. The molecule has 214 valence electrons. The number of aromatic nitrogens is 1. The van der Waals surface area contributed by atoms with Crippen molar-refractivity contribution in [3.05, 3.63) is 69.7 Å². The van der Waals surface area contributed by atoms with Gasteiger partial charge in [0.1, 0.15) is 11.5 Å². The molecule has 1 heterocycles. The molecule has 2 unspecified atom stereocenters. The van der Waals surface area contributed by atoms with Crippen molar-refractivity contribution < 1.29 is 18.2 Å². The van der Waals surface area contributed by atoms with Gasteiger partial charge in [0.05, 0.1) is 26.5 Å². The number of nitrogens with zero attached hydrogens (tertiary/aromatic N) is 1. The van der Waals surface area contributed by atoms with Gasteiger partial charge in [0.25, 0.3) is 0 Å². The highest BCUT2D eigenvalue weighted by Gasteiger charge is 2.31. The van der Waals surface area contributed by atoms with Crippen LogP contribution >= 0.6 is 53.0 Å². The van der Waals surface area contributed by atoms with Crippen molar-refractivity contribution in [2.75, 3.05) is 11.5 Å². The van der Waals surface area contributed by atoms with Crippen LogP contribution < -0.4 is 9.05 Å². The Kier molecular flexibility index (Phi) is 11.6. The van der Waals surface area contributed by atoms with Gasteiger partial charge in [-0.1, -0.05) is 74.0 Å². The number of rotatable bonds is 14. The molecule has 3 aromatic carbocycles. The average molecular weight is 659 g/mol. The summed E-state index contributed by atoms with van der Waals surface area (Å²) < 4.78 is 39.0. The number of unbranched alkanes of at least 4 members (excludes halogenated alkanes) is 4. The molecule has 1 aromatic heterocycles. The maximum absolute atomic E-state index is 14.0. The van der Waals surface area contributed by atoms with Crippen molar-refractivity contribution in [2.24, 2.45) is 0 Å². The molecule has 0 radical (unpaired) electrons. The predicted octanol–water partition coefficient (Wildman–Crippen LogP) is 11.1. The summed E-state index contributed by atoms with van der Waals surface area (Å²) in [5, 5.41) is 2.22. The molecule has 4 rings (SSSR count). The predicted molar refractivity (Wildman–Crippen MR) is 172 cm³/mol. The van der Waals surface area contributed by atoms with E-state index >= 15 is 0 Å². The quantitative estimate of drug-likeness (QED) is 0.0581. The maximum atomic E-state index is 14.0. The molecule has 0 aliphatic carbocycles. The second-order valence-corrected chi connectivity index (χ2v) is 16.1. The Morgan fingerprint density at radius 2 is 1.65 bits per heavy atom. The summed E-state index contributed by atoms with van der Waals surface area (Å²) in [5.41, 5.74) is 1.51. The lowest BCUT2D eigenvalue weighted by atomic mass is 10.1. The van der Waals surface area contributed by atoms with Crippen molar-refractivity contribution in [2.45, 2.75) is 57.3 Å². The molecule has 0 amide bonds. The molecular formula is C29H31Cl3NO4PS2. The van der Waals surface area contributed by atoms with E-state index in [1.165, 1.54) is 12.1 Å². The Hall–Kier alpha value is -1.31. The van der Waals surface area contributed by atoms with E-state index in [1.54, 1.807) is 12.1 Å². The van der Waals surface area contributed by atoms with Crippen molar-refractivity contribution in [3.63, 3.8) is 0 Å². The van der Waals surface area contributed by atoms with Gasteiger partial charge in [-0.3, -0.25) is 0 Å². The van der Waals surface area contributed by atoms with Gasteiger partial charge in [-0.05, 0) is 90.4 Å². The third kappa shape index (κ3) is 8.16. The lowest BCUT2D eigenvalue weighted by Gasteiger charge is -2.20. The van der Waals surface area contributed by atoms with Gasteiger partial charge >= 0.3 is 6.80 Å². The van der Waals surface area contributed by atoms with Gasteiger partial charge in [0.2, 0.25) is 0 Å². The van der Waals surface area contributed by atoms with Gasteiger partial charge in [-0.2, -0.15) is 0 Å². The highest BCUT2D eigenvalue weighted by molar-refractivity contribution is 8.55. The van der Waals surface area contributed by atoms with Gasteiger partial charge in [0.15, 0.2) is 10.6 Å². The lowest BCUT2D eigenvalue weighted by molar-refractivity contribution is 0.408. The largest absolute Gasteiger partial charge is 0.611 e. The molecule has 11 heteroatoms. The number of fused-ring (bicyclic) bond motifs is 2. The number of pyridine rings is 1. The smallest absolute Gasteiger partial charge is 0.492 e. The second-order valence-electron chi connectivity index (χ2n) is 9.29. The van der Waals surface area contributed by atoms with Crippen LogP contribution in [0.3, 0.4) is 0 Å². The molecule has 0 bridgehead atoms. The van der Waals surface area contributed by atoms with E-state index in [0.717, 1.165) is 76.6 Å². The summed E-state index contributed by atoms with van der Waals surface area (Å²) in [6.07, 6.45) is 6.02. The summed E-state index contributed by atoms with van der Waals surface area (Å²) >= 11 is 18.6. The first kappa shape index (κ1) is 31.6. The highest BCUT2D eigenvalue weighted by atomic mass is 35.5. The Morgan fingerprint density at radius 1 is 0.900 bits per heavy atom. The van der Waals surface area contributed by atoms with Gasteiger partial charge in [-0.25, -0.2) is 9.55 Å². The molecule has 0 N–H and O–H groups in total. The minimum atomic E-state index is -3.80. The topological polar surface area (TPSA) is 71.5 Å². The van der Waals surface area contributed by atoms with Gasteiger partial charge < -0.3 is 13.6 Å². The monoisotopic (exact) mass is 657 g/mol. The summed E-state index contributed by atoms with van der Waals surface area (Å²) in [5.74, 6) is 1.58. The molecular weight excluding hydrogens is 628 g/mol. The zero-order chi connectivity index (χ0) is 28.7. The minimum Gasteiger partial charge on any atom is -0.611 e. The van der Waals surface area contributed by atoms with E-state index in [4.69, 9.17) is 48.8 Å². The third-order valence-corrected chi connectivity index (χ3v) is 12.0. The fourth-order valence-corrected chi connectivity index (χ4v) is 9.84. The number of hydrogen-bond acceptors (Lipinski definition) is 6. The first-order valence-corrected chi connectivity index (χ1v) is 18.8. The third-order valence-electron chi connectivity index (χ3n) is 6.14. The van der Waals surface area contributed by atoms with E-state index in [2.05, 4.69) is 6.92 Å². The standard InChI is InChI=1S/C29H31Cl3NO4PS2/c1-3-5-7-8-15-40(35)28-11-9-10-27-23(28)17-20-16-22(12-13-26(20)33-27)36-38(34,39-14-6-4-2)37-29-24(31)18-21(30)19-25(29)32/h9-13,16-19H,3-8,14-15H2,1-2H3. The minimum absolute atomic E-state index is 0.0552. The first-order valence-electron chi connectivity index (χ1n) is 13.2. The van der Waals surface area contributed by atoms with Gasteiger partial charge in [0, 0.05) is 16.2 Å². The molecule has 0 aliphatic rings. The first-order chi connectivity index (χ1) is 19.2. The molecule has 5 nitrogen and oxygen atoms in total. The Balaban J connectivity index is 1.65. The summed E-state index contributed by atoms with van der Waals surface area (Å²) in [7, 11) is 0. The van der Waals surface area contributed by atoms with E-state index in [9.17, 15) is 9.12 Å². The van der Waals surface area contributed by atoms with Crippen molar-refractivity contribution in [1.82, 2.24) is 4.98 Å². The van der Waals surface area contributed by atoms with Crippen molar-refractivity contribution >= 4 is 86.0 Å². The molecule has 0 saturated carbocycles. The average Bonchev–Trinajstić information content (AvgIpc) is 2.92. The number of halogens is 3. The molecule has 0 aliphatic heterocycles. The van der Waals surface area contributed by atoms with Crippen LogP contribution in [0.25, 0.3) is 21.8 Å². The van der Waals surface area contributed by atoms with Gasteiger partial charge in [-0.15, -0.1) is 0 Å². The molecule has 0 saturated heterocycles. The van der Waals surface area contributed by atoms with E-state index < -0.39 is 18.0 Å². The van der Waals surface area contributed by atoms with Crippen molar-refractivity contribution in [1.29, 1.82) is 0 Å². The van der Waals surface area contributed by atoms with Crippen LogP contribution in [0.2, 0.25) is 15.1 Å². The molecule has 40 heavy (non-hydrogen) atoms. The highest BCUT2D eigenvalue weighted by Crippen LogP contribution is 2.61. The SMILES string of the molecule is CCCCCC[S+]([O-])c1cccc2nc3ccc(OP(=O)(Oc4c(Cl)cc(Cl)cc4Cl)SCCCC)cc3cc12. The summed E-state index contributed by atoms with van der Waals surface area (Å²) in [6, 6.07) is 15.9. The normalized spacial score (nSPS) is 13.8. The molecule has 2 atom stereocenters. The van der Waals surface area contributed by atoms with Crippen LogP contribution in [-0.4, -0.2) is 21.0 Å². The Labute approximate surface area is 257 Å². The van der Waals surface area contributed by atoms with Crippen molar-refractivity contribution in [3.8, 4) is 11.5 Å². The lowest BCUT2D eigenvalue weighted by Crippen LogP contribution is -2.07.